The van der Waals surface area contributed by atoms with Crippen molar-refractivity contribution in [2.24, 2.45) is 0 Å². The summed E-state index contributed by atoms with van der Waals surface area (Å²) in [5.41, 5.74) is 0.576. The molecule has 1 aromatic heterocycles. The van der Waals surface area contributed by atoms with Gasteiger partial charge in [0.15, 0.2) is 0 Å². The Morgan fingerprint density at radius 1 is 1.29 bits per heavy atom. The van der Waals surface area contributed by atoms with Gasteiger partial charge in [0.25, 0.3) is 0 Å². The standard InChI is InChI=1S/C12H12FN3O/c1-8-3-4-9(5-10(8)13)17-12-7-15-6-11(14-2)16-12/h3-7H,1-2H3,(H,14,16). The van der Waals surface area contributed by atoms with Crippen LogP contribution in [0.25, 0.3) is 0 Å². The molecule has 0 unspecified atom stereocenters. The summed E-state index contributed by atoms with van der Waals surface area (Å²) in [5.74, 6) is 1.01. The summed E-state index contributed by atoms with van der Waals surface area (Å²) in [4.78, 5) is 8.07. The van der Waals surface area contributed by atoms with Crippen LogP contribution in [0.5, 0.6) is 11.6 Å². The van der Waals surface area contributed by atoms with E-state index in [0.717, 1.165) is 0 Å². The largest absolute Gasteiger partial charge is 0.437 e. The van der Waals surface area contributed by atoms with Crippen LogP contribution in [0.3, 0.4) is 0 Å². The molecule has 2 aromatic rings. The van der Waals surface area contributed by atoms with Crippen molar-refractivity contribution in [1.29, 1.82) is 0 Å². The number of ether oxygens (including phenoxy) is 1. The van der Waals surface area contributed by atoms with Gasteiger partial charge in [0.1, 0.15) is 17.4 Å². The Balaban J connectivity index is 2.22. The molecule has 2 rings (SSSR count). The smallest absolute Gasteiger partial charge is 0.239 e. The van der Waals surface area contributed by atoms with Crippen molar-refractivity contribution in [3.63, 3.8) is 0 Å². The number of rotatable bonds is 3. The molecule has 0 spiro atoms. The molecule has 0 aliphatic heterocycles. The van der Waals surface area contributed by atoms with E-state index in [1.807, 2.05) is 0 Å². The van der Waals surface area contributed by atoms with Gasteiger partial charge in [-0.1, -0.05) is 6.07 Å². The van der Waals surface area contributed by atoms with E-state index in [1.165, 1.54) is 12.3 Å². The number of aromatic nitrogens is 2. The zero-order chi connectivity index (χ0) is 12.3. The SMILES string of the molecule is CNc1cncc(Oc2ccc(C)c(F)c2)n1. The van der Waals surface area contributed by atoms with Crippen molar-refractivity contribution in [2.75, 3.05) is 12.4 Å². The summed E-state index contributed by atoms with van der Waals surface area (Å²) < 4.78 is 18.7. The van der Waals surface area contributed by atoms with Crippen LogP contribution in [-0.2, 0) is 0 Å². The highest BCUT2D eigenvalue weighted by atomic mass is 19.1. The molecule has 0 amide bonds. The highest BCUT2D eigenvalue weighted by Gasteiger charge is 2.03. The van der Waals surface area contributed by atoms with E-state index < -0.39 is 0 Å². The van der Waals surface area contributed by atoms with Crippen LogP contribution in [0.15, 0.2) is 30.6 Å². The fourth-order valence-corrected chi connectivity index (χ4v) is 1.28. The monoisotopic (exact) mass is 233 g/mol. The quantitative estimate of drug-likeness (QED) is 0.885. The number of hydrogen-bond donors (Lipinski definition) is 1. The Morgan fingerprint density at radius 2 is 2.12 bits per heavy atom. The average molecular weight is 233 g/mol. The highest BCUT2D eigenvalue weighted by Crippen LogP contribution is 2.21. The minimum absolute atomic E-state index is 0.305. The summed E-state index contributed by atoms with van der Waals surface area (Å²) in [6.07, 6.45) is 3.04. The second-order valence-electron chi connectivity index (χ2n) is 3.51. The van der Waals surface area contributed by atoms with Gasteiger partial charge in [-0.3, -0.25) is 4.98 Å². The predicted molar refractivity (Wildman–Crippen MR) is 62.8 cm³/mol. The van der Waals surface area contributed by atoms with Crippen LogP contribution in [-0.4, -0.2) is 17.0 Å². The molecule has 1 heterocycles. The Morgan fingerprint density at radius 3 is 2.82 bits per heavy atom. The van der Waals surface area contributed by atoms with Crippen LogP contribution in [0, 0.1) is 12.7 Å². The zero-order valence-corrected chi connectivity index (χ0v) is 9.57. The topological polar surface area (TPSA) is 47.0 Å². The molecule has 0 bridgehead atoms. The summed E-state index contributed by atoms with van der Waals surface area (Å²) in [5, 5.41) is 2.85. The maximum absolute atomic E-state index is 13.3. The van der Waals surface area contributed by atoms with Gasteiger partial charge in [-0.2, -0.15) is 4.98 Å². The number of hydrogen-bond acceptors (Lipinski definition) is 4. The first kappa shape index (κ1) is 11.3. The van der Waals surface area contributed by atoms with Gasteiger partial charge in [0, 0.05) is 13.1 Å². The van der Waals surface area contributed by atoms with E-state index >= 15 is 0 Å². The number of aryl methyl sites for hydroxylation is 1. The Bertz CT molecular complexity index is 531. The van der Waals surface area contributed by atoms with Crippen molar-refractivity contribution < 1.29 is 9.13 Å². The number of anilines is 1. The van der Waals surface area contributed by atoms with Crippen LogP contribution >= 0.6 is 0 Å². The number of halogens is 1. The lowest BCUT2D eigenvalue weighted by atomic mass is 10.2. The third-order valence-electron chi connectivity index (χ3n) is 2.23. The molecular formula is C12H12FN3O. The summed E-state index contributed by atoms with van der Waals surface area (Å²) in [6.45, 7) is 1.69. The summed E-state index contributed by atoms with van der Waals surface area (Å²) >= 11 is 0. The van der Waals surface area contributed by atoms with Gasteiger partial charge in [0.2, 0.25) is 5.88 Å². The van der Waals surface area contributed by atoms with Gasteiger partial charge >= 0.3 is 0 Å². The first-order valence-corrected chi connectivity index (χ1v) is 5.13. The van der Waals surface area contributed by atoms with Crippen LogP contribution in [0.4, 0.5) is 10.2 Å². The maximum Gasteiger partial charge on any atom is 0.239 e. The van der Waals surface area contributed by atoms with E-state index in [2.05, 4.69) is 15.3 Å². The van der Waals surface area contributed by atoms with E-state index in [-0.39, 0.29) is 5.82 Å². The second kappa shape index (κ2) is 4.78. The predicted octanol–water partition coefficient (Wildman–Crippen LogP) is 2.76. The van der Waals surface area contributed by atoms with Crippen molar-refractivity contribution in [1.82, 2.24) is 9.97 Å². The van der Waals surface area contributed by atoms with E-state index in [1.54, 1.807) is 32.3 Å². The van der Waals surface area contributed by atoms with E-state index in [0.29, 0.717) is 23.0 Å². The number of nitrogens with one attached hydrogen (secondary N) is 1. The molecule has 5 heteroatoms. The molecule has 1 aromatic carbocycles. The van der Waals surface area contributed by atoms with Gasteiger partial charge in [-0.25, -0.2) is 4.39 Å². The van der Waals surface area contributed by atoms with Crippen molar-refractivity contribution in [2.45, 2.75) is 6.92 Å². The molecule has 17 heavy (non-hydrogen) atoms. The molecule has 0 fully saturated rings. The fraction of sp³-hybridized carbons (Fsp3) is 0.167. The molecule has 0 saturated carbocycles. The van der Waals surface area contributed by atoms with Crippen molar-refractivity contribution >= 4 is 5.82 Å². The lowest BCUT2D eigenvalue weighted by molar-refractivity contribution is 0.455. The molecule has 1 N–H and O–H groups in total. The molecule has 0 radical (unpaired) electrons. The first-order chi connectivity index (χ1) is 8.19. The minimum atomic E-state index is -0.305. The van der Waals surface area contributed by atoms with Gasteiger partial charge in [-0.15, -0.1) is 0 Å². The van der Waals surface area contributed by atoms with Gasteiger partial charge in [0.05, 0.1) is 12.4 Å². The van der Waals surface area contributed by atoms with E-state index in [4.69, 9.17) is 4.74 Å². The molecule has 0 saturated heterocycles. The average Bonchev–Trinajstić information content (AvgIpc) is 2.34. The Kier molecular flexibility index (Phi) is 3.18. The van der Waals surface area contributed by atoms with Gasteiger partial charge < -0.3 is 10.1 Å². The van der Waals surface area contributed by atoms with Crippen molar-refractivity contribution in [3.8, 4) is 11.6 Å². The number of benzene rings is 1. The first-order valence-electron chi connectivity index (χ1n) is 5.13. The molecule has 0 aliphatic carbocycles. The summed E-state index contributed by atoms with van der Waals surface area (Å²) in [6, 6.07) is 4.66. The lowest BCUT2D eigenvalue weighted by Gasteiger charge is -2.06. The van der Waals surface area contributed by atoms with Crippen molar-refractivity contribution in [3.05, 3.63) is 42.0 Å². The molecular weight excluding hydrogens is 221 g/mol. The van der Waals surface area contributed by atoms with Crippen LogP contribution in [0.2, 0.25) is 0 Å². The Hall–Kier alpha value is -2.17. The number of nitrogens with zero attached hydrogens (tertiary/aromatic N) is 2. The van der Waals surface area contributed by atoms with Crippen LogP contribution < -0.4 is 10.1 Å². The third-order valence-corrected chi connectivity index (χ3v) is 2.23. The molecule has 4 nitrogen and oxygen atoms in total. The minimum Gasteiger partial charge on any atom is -0.437 e. The molecule has 0 atom stereocenters. The molecule has 88 valence electrons. The second-order valence-corrected chi connectivity index (χ2v) is 3.51. The lowest BCUT2D eigenvalue weighted by Crippen LogP contribution is -1.96. The normalized spacial score (nSPS) is 10.1. The molecule has 0 aliphatic rings. The fourth-order valence-electron chi connectivity index (χ4n) is 1.28. The Labute approximate surface area is 98.5 Å². The van der Waals surface area contributed by atoms with Gasteiger partial charge in [-0.05, 0) is 18.6 Å². The van der Waals surface area contributed by atoms with Crippen LogP contribution in [0.1, 0.15) is 5.56 Å². The summed E-state index contributed by atoms with van der Waals surface area (Å²) in [7, 11) is 1.74. The highest BCUT2D eigenvalue weighted by molar-refractivity contribution is 5.35. The third kappa shape index (κ3) is 2.69. The van der Waals surface area contributed by atoms with E-state index in [9.17, 15) is 4.39 Å². The maximum atomic E-state index is 13.3. The zero-order valence-electron chi connectivity index (χ0n) is 9.57.